The maximum atomic E-state index is 12.5. The van der Waals surface area contributed by atoms with Gasteiger partial charge >= 0.3 is 0 Å². The predicted molar refractivity (Wildman–Crippen MR) is 115 cm³/mol. The number of amides is 1. The number of hydrogen-bond donors (Lipinski definition) is 0. The maximum Gasteiger partial charge on any atom is 0.233 e. The van der Waals surface area contributed by atoms with E-state index in [0.29, 0.717) is 17.6 Å². The van der Waals surface area contributed by atoms with E-state index in [1.807, 2.05) is 11.0 Å². The number of thiocarbonyl (C=S) groups is 1. The molecule has 3 rings (SSSR count). The highest BCUT2D eigenvalue weighted by atomic mass is 32.2. The summed E-state index contributed by atoms with van der Waals surface area (Å²) >= 11 is 7.13. The summed E-state index contributed by atoms with van der Waals surface area (Å²) in [6.45, 7) is 10.1. The zero-order valence-corrected chi connectivity index (χ0v) is 17.4. The molecule has 6 heteroatoms. The third-order valence-electron chi connectivity index (χ3n) is 5.20. The second kappa shape index (κ2) is 9.09. The van der Waals surface area contributed by atoms with Gasteiger partial charge in [-0.05, 0) is 30.4 Å². The van der Waals surface area contributed by atoms with Crippen molar-refractivity contribution in [3.05, 3.63) is 30.3 Å². The van der Waals surface area contributed by atoms with E-state index < -0.39 is 0 Å². The number of anilines is 1. The van der Waals surface area contributed by atoms with Crippen LogP contribution in [0.25, 0.3) is 0 Å². The lowest BCUT2D eigenvalue weighted by atomic mass is 9.92. The molecule has 0 aromatic heterocycles. The second-order valence-electron chi connectivity index (χ2n) is 7.61. The fourth-order valence-electron chi connectivity index (χ4n) is 3.96. The molecule has 2 atom stereocenters. The first-order valence-corrected chi connectivity index (χ1v) is 10.9. The van der Waals surface area contributed by atoms with Crippen molar-refractivity contribution in [2.75, 3.05) is 49.9 Å². The van der Waals surface area contributed by atoms with Crippen LogP contribution in [0, 0.1) is 11.8 Å². The number of likely N-dealkylation sites (tertiary alicyclic amines) is 1. The highest BCUT2D eigenvalue weighted by Crippen LogP contribution is 2.23. The van der Waals surface area contributed by atoms with Gasteiger partial charge in [0.05, 0.1) is 5.75 Å². The highest BCUT2D eigenvalue weighted by Gasteiger charge is 2.26. The van der Waals surface area contributed by atoms with Crippen molar-refractivity contribution in [3.8, 4) is 0 Å². The Hall–Kier alpha value is -1.27. The summed E-state index contributed by atoms with van der Waals surface area (Å²) in [6, 6.07) is 10.5. The lowest BCUT2D eigenvalue weighted by Crippen LogP contribution is -2.48. The van der Waals surface area contributed by atoms with Crippen LogP contribution in [0.1, 0.15) is 20.3 Å². The number of hydrogen-bond acceptors (Lipinski definition) is 4. The molecule has 0 bridgehead atoms. The Morgan fingerprint density at radius 1 is 1.04 bits per heavy atom. The molecule has 2 aliphatic rings. The van der Waals surface area contributed by atoms with Crippen molar-refractivity contribution in [3.63, 3.8) is 0 Å². The summed E-state index contributed by atoms with van der Waals surface area (Å²) in [6.07, 6.45) is 1.22. The Balaban J connectivity index is 1.42. The van der Waals surface area contributed by atoms with Crippen LogP contribution < -0.4 is 4.90 Å². The molecule has 4 nitrogen and oxygen atoms in total. The Labute approximate surface area is 166 Å². The van der Waals surface area contributed by atoms with Gasteiger partial charge in [0.25, 0.3) is 0 Å². The van der Waals surface area contributed by atoms with Gasteiger partial charge in [-0.15, -0.1) is 0 Å². The SMILES string of the molecule is C[C@@H]1C[C@@H](C)CN(C(=O)CSC(=S)N2CCN(c3ccccc3)CC2)C1. The number of para-hydroxylation sites is 1. The van der Waals surface area contributed by atoms with Crippen LogP contribution in [0.5, 0.6) is 0 Å². The van der Waals surface area contributed by atoms with E-state index in [1.165, 1.54) is 23.9 Å². The molecule has 0 unspecified atom stereocenters. The first-order chi connectivity index (χ1) is 12.5. The normalized spacial score (nSPS) is 23.8. The quantitative estimate of drug-likeness (QED) is 0.737. The Kier molecular flexibility index (Phi) is 6.81. The van der Waals surface area contributed by atoms with Gasteiger partial charge in [-0.1, -0.05) is 56.0 Å². The number of piperazine rings is 1. The van der Waals surface area contributed by atoms with Crippen LogP contribution in [0.2, 0.25) is 0 Å². The molecule has 2 heterocycles. The van der Waals surface area contributed by atoms with Crippen molar-refractivity contribution in [1.29, 1.82) is 0 Å². The van der Waals surface area contributed by atoms with Gasteiger partial charge in [0.1, 0.15) is 4.32 Å². The number of piperidine rings is 1. The molecule has 0 radical (unpaired) electrons. The molecule has 2 fully saturated rings. The zero-order valence-electron chi connectivity index (χ0n) is 15.8. The molecule has 2 aliphatic heterocycles. The Morgan fingerprint density at radius 3 is 2.27 bits per heavy atom. The van der Waals surface area contributed by atoms with E-state index in [0.717, 1.165) is 43.6 Å². The maximum absolute atomic E-state index is 12.5. The van der Waals surface area contributed by atoms with Crippen molar-refractivity contribution in [2.45, 2.75) is 20.3 Å². The minimum atomic E-state index is 0.235. The molecular formula is C20H29N3OS2. The fourth-order valence-corrected chi connectivity index (χ4v) is 5.11. The summed E-state index contributed by atoms with van der Waals surface area (Å²) < 4.78 is 0.865. The summed E-state index contributed by atoms with van der Waals surface area (Å²) in [7, 11) is 0. The first-order valence-electron chi connectivity index (χ1n) is 9.52. The molecule has 142 valence electrons. The standard InChI is InChI=1S/C20H29N3OS2/c1-16-12-17(2)14-23(13-16)19(24)15-26-20(25)22-10-8-21(9-11-22)18-6-4-3-5-7-18/h3-7,16-17H,8-15H2,1-2H3/t16-,17-/m1/s1. The lowest BCUT2D eigenvalue weighted by Gasteiger charge is -2.37. The van der Waals surface area contributed by atoms with Crippen molar-refractivity contribution in [2.24, 2.45) is 11.8 Å². The number of nitrogens with zero attached hydrogens (tertiary/aromatic N) is 3. The van der Waals surface area contributed by atoms with E-state index in [4.69, 9.17) is 12.2 Å². The largest absolute Gasteiger partial charge is 0.368 e. The number of rotatable bonds is 3. The van der Waals surface area contributed by atoms with E-state index >= 15 is 0 Å². The smallest absolute Gasteiger partial charge is 0.233 e. The van der Waals surface area contributed by atoms with Crippen LogP contribution in [0.4, 0.5) is 5.69 Å². The zero-order chi connectivity index (χ0) is 18.5. The van der Waals surface area contributed by atoms with Gasteiger partial charge in [-0.25, -0.2) is 0 Å². The summed E-state index contributed by atoms with van der Waals surface area (Å²) in [5.41, 5.74) is 1.27. The average Bonchev–Trinajstić information content (AvgIpc) is 2.66. The second-order valence-corrected chi connectivity index (χ2v) is 9.22. The van der Waals surface area contributed by atoms with Crippen molar-refractivity contribution >= 4 is 39.9 Å². The van der Waals surface area contributed by atoms with E-state index in [1.54, 1.807) is 0 Å². The molecule has 0 saturated carbocycles. The Bertz CT molecular complexity index is 607. The summed E-state index contributed by atoms with van der Waals surface area (Å²) in [5.74, 6) is 1.91. The monoisotopic (exact) mass is 391 g/mol. The van der Waals surface area contributed by atoms with Crippen LogP contribution >= 0.6 is 24.0 Å². The molecule has 1 aromatic rings. The summed E-state index contributed by atoms with van der Waals surface area (Å²) in [4.78, 5) is 19.2. The molecular weight excluding hydrogens is 362 g/mol. The third kappa shape index (κ3) is 5.13. The number of thioether (sulfide) groups is 1. The number of carbonyl (C=O) groups excluding carboxylic acids is 1. The van der Waals surface area contributed by atoms with E-state index in [2.05, 4.69) is 47.9 Å². The van der Waals surface area contributed by atoms with Crippen molar-refractivity contribution in [1.82, 2.24) is 9.80 Å². The van der Waals surface area contributed by atoms with Crippen LogP contribution in [0.3, 0.4) is 0 Å². The van der Waals surface area contributed by atoms with Gasteiger partial charge in [0.15, 0.2) is 0 Å². The third-order valence-corrected chi connectivity index (χ3v) is 6.71. The molecule has 1 amide bonds. The number of carbonyl (C=O) groups is 1. The highest BCUT2D eigenvalue weighted by molar-refractivity contribution is 8.23. The molecule has 26 heavy (non-hydrogen) atoms. The Morgan fingerprint density at radius 2 is 1.65 bits per heavy atom. The fraction of sp³-hybridized carbons (Fsp3) is 0.600. The van der Waals surface area contributed by atoms with Gasteiger partial charge < -0.3 is 14.7 Å². The van der Waals surface area contributed by atoms with Gasteiger partial charge in [0, 0.05) is 45.0 Å². The lowest BCUT2D eigenvalue weighted by molar-refractivity contribution is -0.130. The van der Waals surface area contributed by atoms with Crippen LogP contribution in [-0.4, -0.2) is 65.0 Å². The van der Waals surface area contributed by atoms with Crippen molar-refractivity contribution < 1.29 is 4.79 Å². The number of benzene rings is 1. The molecule has 0 aliphatic carbocycles. The summed E-state index contributed by atoms with van der Waals surface area (Å²) in [5, 5.41) is 0. The molecule has 0 spiro atoms. The molecule has 2 saturated heterocycles. The topological polar surface area (TPSA) is 26.8 Å². The average molecular weight is 392 g/mol. The predicted octanol–water partition coefficient (Wildman–Crippen LogP) is 3.33. The van der Waals surface area contributed by atoms with E-state index in [-0.39, 0.29) is 5.91 Å². The van der Waals surface area contributed by atoms with Crippen LogP contribution in [-0.2, 0) is 4.79 Å². The molecule has 0 N–H and O–H groups in total. The van der Waals surface area contributed by atoms with Gasteiger partial charge in [-0.3, -0.25) is 4.79 Å². The minimum absolute atomic E-state index is 0.235. The first kappa shape index (κ1) is 19.5. The molecule has 1 aromatic carbocycles. The van der Waals surface area contributed by atoms with Crippen LogP contribution in [0.15, 0.2) is 30.3 Å². The van der Waals surface area contributed by atoms with Gasteiger partial charge in [-0.2, -0.15) is 0 Å². The van der Waals surface area contributed by atoms with E-state index in [9.17, 15) is 4.79 Å². The van der Waals surface area contributed by atoms with Gasteiger partial charge in [0.2, 0.25) is 5.91 Å². The minimum Gasteiger partial charge on any atom is -0.368 e.